The van der Waals surface area contributed by atoms with Crippen LogP contribution < -0.4 is 5.73 Å². The van der Waals surface area contributed by atoms with Gasteiger partial charge in [0.05, 0.1) is 0 Å². The summed E-state index contributed by atoms with van der Waals surface area (Å²) in [6, 6.07) is 0.768. The molecule has 2 fully saturated rings. The second-order valence-electron chi connectivity index (χ2n) is 6.02. The molecule has 1 saturated heterocycles. The minimum atomic E-state index is 0.756. The Hall–Kier alpha value is -0.120. The van der Waals surface area contributed by atoms with Crippen molar-refractivity contribution in [1.82, 2.24) is 9.80 Å². The number of rotatable bonds is 6. The summed E-state index contributed by atoms with van der Waals surface area (Å²) in [6.07, 6.45) is 8.34. The molecule has 0 radical (unpaired) electrons. The van der Waals surface area contributed by atoms with E-state index in [0.717, 1.165) is 18.5 Å². The Kier molecular flexibility index (Phi) is 5.93. The lowest BCUT2D eigenvalue weighted by atomic mass is 10.0. The van der Waals surface area contributed by atoms with Gasteiger partial charge < -0.3 is 10.6 Å². The highest BCUT2D eigenvalue weighted by Gasteiger charge is 2.30. The van der Waals surface area contributed by atoms with Crippen LogP contribution >= 0.6 is 0 Å². The molecule has 3 heteroatoms. The van der Waals surface area contributed by atoms with E-state index in [-0.39, 0.29) is 0 Å². The Bertz CT molecular complexity index is 226. The van der Waals surface area contributed by atoms with Crippen LogP contribution in [-0.4, -0.2) is 55.1 Å². The van der Waals surface area contributed by atoms with Crippen molar-refractivity contribution in [2.24, 2.45) is 11.7 Å². The van der Waals surface area contributed by atoms with E-state index in [0.29, 0.717) is 0 Å². The maximum absolute atomic E-state index is 5.92. The fraction of sp³-hybridized carbons (Fsp3) is 1.00. The molecule has 2 N–H and O–H groups in total. The largest absolute Gasteiger partial charge is 0.330 e. The number of piperidine rings is 1. The molecule has 0 aromatic heterocycles. The van der Waals surface area contributed by atoms with Crippen molar-refractivity contribution in [2.75, 3.05) is 39.3 Å². The van der Waals surface area contributed by atoms with Gasteiger partial charge in [0.2, 0.25) is 0 Å². The summed E-state index contributed by atoms with van der Waals surface area (Å²) in [5.41, 5.74) is 5.92. The Morgan fingerprint density at radius 2 is 1.89 bits per heavy atom. The smallest absolute Gasteiger partial charge is 0.0136 e. The van der Waals surface area contributed by atoms with Crippen LogP contribution in [0.1, 0.15) is 45.4 Å². The first-order chi connectivity index (χ1) is 8.85. The molecule has 2 rings (SSSR count). The van der Waals surface area contributed by atoms with Gasteiger partial charge in [0.1, 0.15) is 0 Å². The zero-order chi connectivity index (χ0) is 12.8. The average Bonchev–Trinajstić information content (AvgIpc) is 2.89. The molecule has 106 valence electrons. The quantitative estimate of drug-likeness (QED) is 0.785. The van der Waals surface area contributed by atoms with Crippen molar-refractivity contribution >= 4 is 0 Å². The first-order valence-electron chi connectivity index (χ1n) is 8.01. The molecule has 2 aliphatic rings. The SMILES string of the molecule is CCN(CCN1CCCCC1)C1CCCC1CN. The minimum absolute atomic E-state index is 0.756. The molecule has 0 aromatic rings. The molecule has 1 aliphatic heterocycles. The molecule has 1 heterocycles. The number of likely N-dealkylation sites (N-methyl/N-ethyl adjacent to an activating group) is 1. The van der Waals surface area contributed by atoms with E-state index in [1.54, 1.807) is 0 Å². The van der Waals surface area contributed by atoms with Crippen LogP contribution in [0.25, 0.3) is 0 Å². The molecule has 1 saturated carbocycles. The first-order valence-corrected chi connectivity index (χ1v) is 8.01. The molecule has 0 amide bonds. The number of nitrogens with two attached hydrogens (primary N) is 1. The zero-order valence-electron chi connectivity index (χ0n) is 12.1. The van der Waals surface area contributed by atoms with Crippen molar-refractivity contribution in [1.29, 1.82) is 0 Å². The van der Waals surface area contributed by atoms with E-state index in [1.165, 1.54) is 71.2 Å². The lowest BCUT2D eigenvalue weighted by Crippen LogP contribution is -2.45. The maximum Gasteiger partial charge on any atom is 0.0136 e. The van der Waals surface area contributed by atoms with E-state index in [1.807, 2.05) is 0 Å². The molecule has 3 nitrogen and oxygen atoms in total. The van der Waals surface area contributed by atoms with E-state index >= 15 is 0 Å². The molecule has 18 heavy (non-hydrogen) atoms. The third-order valence-electron chi connectivity index (χ3n) is 4.95. The van der Waals surface area contributed by atoms with Gasteiger partial charge in [0.15, 0.2) is 0 Å². The van der Waals surface area contributed by atoms with Gasteiger partial charge in [-0.25, -0.2) is 0 Å². The number of hydrogen-bond donors (Lipinski definition) is 1. The maximum atomic E-state index is 5.92. The Morgan fingerprint density at radius 1 is 1.11 bits per heavy atom. The number of likely N-dealkylation sites (tertiary alicyclic amines) is 1. The fourth-order valence-electron chi connectivity index (χ4n) is 3.78. The van der Waals surface area contributed by atoms with Crippen molar-refractivity contribution in [3.05, 3.63) is 0 Å². The predicted octanol–water partition coefficient (Wildman–Crippen LogP) is 1.92. The normalized spacial score (nSPS) is 30.2. The summed E-state index contributed by atoms with van der Waals surface area (Å²) >= 11 is 0. The topological polar surface area (TPSA) is 32.5 Å². The van der Waals surface area contributed by atoms with Gasteiger partial charge >= 0.3 is 0 Å². The summed E-state index contributed by atoms with van der Waals surface area (Å²) in [5, 5.41) is 0. The van der Waals surface area contributed by atoms with Crippen molar-refractivity contribution in [3.8, 4) is 0 Å². The average molecular weight is 253 g/mol. The Labute approximate surface area is 113 Å². The van der Waals surface area contributed by atoms with Crippen LogP contribution in [0.3, 0.4) is 0 Å². The van der Waals surface area contributed by atoms with Crippen LogP contribution in [0.2, 0.25) is 0 Å². The fourth-order valence-corrected chi connectivity index (χ4v) is 3.78. The standard InChI is InChI=1S/C15H31N3/c1-2-18(15-8-6-7-14(15)13-16)12-11-17-9-4-3-5-10-17/h14-15H,2-13,16H2,1H3. The molecule has 2 atom stereocenters. The van der Waals surface area contributed by atoms with Crippen molar-refractivity contribution < 1.29 is 0 Å². The second kappa shape index (κ2) is 7.46. The molecular weight excluding hydrogens is 222 g/mol. The molecule has 0 aromatic carbocycles. The lowest BCUT2D eigenvalue weighted by Gasteiger charge is -2.34. The van der Waals surface area contributed by atoms with Gasteiger partial charge in [0.25, 0.3) is 0 Å². The molecule has 1 aliphatic carbocycles. The lowest BCUT2D eigenvalue weighted by molar-refractivity contribution is 0.134. The molecule has 0 bridgehead atoms. The minimum Gasteiger partial charge on any atom is -0.330 e. The van der Waals surface area contributed by atoms with Crippen LogP contribution in [0.15, 0.2) is 0 Å². The molecular formula is C15H31N3. The third kappa shape index (κ3) is 3.69. The van der Waals surface area contributed by atoms with Crippen LogP contribution in [0.4, 0.5) is 0 Å². The van der Waals surface area contributed by atoms with Gasteiger partial charge in [-0.15, -0.1) is 0 Å². The van der Waals surface area contributed by atoms with Gasteiger partial charge in [-0.1, -0.05) is 19.8 Å². The highest BCUT2D eigenvalue weighted by Crippen LogP contribution is 2.29. The number of hydrogen-bond acceptors (Lipinski definition) is 3. The zero-order valence-corrected chi connectivity index (χ0v) is 12.1. The Balaban J connectivity index is 1.77. The first kappa shape index (κ1) is 14.3. The van der Waals surface area contributed by atoms with E-state index in [2.05, 4.69) is 16.7 Å². The third-order valence-corrected chi connectivity index (χ3v) is 4.95. The summed E-state index contributed by atoms with van der Waals surface area (Å²) in [4.78, 5) is 5.34. The highest BCUT2D eigenvalue weighted by molar-refractivity contribution is 4.86. The van der Waals surface area contributed by atoms with Crippen molar-refractivity contribution in [2.45, 2.75) is 51.5 Å². The summed E-state index contributed by atoms with van der Waals surface area (Å²) in [7, 11) is 0. The van der Waals surface area contributed by atoms with Crippen LogP contribution in [-0.2, 0) is 0 Å². The highest BCUT2D eigenvalue weighted by atomic mass is 15.2. The monoisotopic (exact) mass is 253 g/mol. The van der Waals surface area contributed by atoms with Gasteiger partial charge in [-0.3, -0.25) is 4.90 Å². The Morgan fingerprint density at radius 3 is 2.56 bits per heavy atom. The van der Waals surface area contributed by atoms with E-state index in [4.69, 9.17) is 5.73 Å². The van der Waals surface area contributed by atoms with Crippen molar-refractivity contribution in [3.63, 3.8) is 0 Å². The molecule has 0 spiro atoms. The van der Waals surface area contributed by atoms with Crippen LogP contribution in [0.5, 0.6) is 0 Å². The summed E-state index contributed by atoms with van der Waals surface area (Å²) in [5.74, 6) is 0.756. The summed E-state index contributed by atoms with van der Waals surface area (Å²) in [6.45, 7) is 9.53. The van der Waals surface area contributed by atoms with Gasteiger partial charge in [-0.2, -0.15) is 0 Å². The molecule has 2 unspecified atom stereocenters. The van der Waals surface area contributed by atoms with Gasteiger partial charge in [0, 0.05) is 19.1 Å². The van der Waals surface area contributed by atoms with Crippen LogP contribution in [0, 0.1) is 5.92 Å². The second-order valence-corrected chi connectivity index (χ2v) is 6.02. The van der Waals surface area contributed by atoms with E-state index in [9.17, 15) is 0 Å². The number of nitrogens with zero attached hydrogens (tertiary/aromatic N) is 2. The van der Waals surface area contributed by atoms with Gasteiger partial charge in [-0.05, 0) is 57.8 Å². The summed E-state index contributed by atoms with van der Waals surface area (Å²) < 4.78 is 0. The predicted molar refractivity (Wildman–Crippen MR) is 77.7 cm³/mol. The van der Waals surface area contributed by atoms with E-state index < -0.39 is 0 Å².